The van der Waals surface area contributed by atoms with Crippen LogP contribution >= 0.6 is 0 Å². The Bertz CT molecular complexity index is 750. The quantitative estimate of drug-likeness (QED) is 0.775. The van der Waals surface area contributed by atoms with Gasteiger partial charge in [0.25, 0.3) is 0 Å². The number of aryl methyl sites for hydroxylation is 1. The van der Waals surface area contributed by atoms with E-state index in [-0.39, 0.29) is 0 Å². The maximum atomic E-state index is 5.71. The summed E-state index contributed by atoms with van der Waals surface area (Å²) >= 11 is 0. The average Bonchev–Trinajstić information content (AvgIpc) is 3.17. The van der Waals surface area contributed by atoms with Gasteiger partial charge in [-0.3, -0.25) is 4.90 Å². The highest BCUT2D eigenvalue weighted by atomic mass is 16.5. The van der Waals surface area contributed by atoms with Gasteiger partial charge >= 0.3 is 0 Å². The van der Waals surface area contributed by atoms with E-state index in [4.69, 9.17) is 4.74 Å². The van der Waals surface area contributed by atoms with Crippen LogP contribution in [0.2, 0.25) is 0 Å². The first-order chi connectivity index (χ1) is 13.2. The number of hydrogen-bond donors (Lipinski definition) is 1. The molecule has 1 atom stereocenters. The molecule has 2 heterocycles. The van der Waals surface area contributed by atoms with Crippen LogP contribution in [-0.4, -0.2) is 40.2 Å². The van der Waals surface area contributed by atoms with Gasteiger partial charge in [0, 0.05) is 31.5 Å². The summed E-state index contributed by atoms with van der Waals surface area (Å²) in [6.07, 6.45) is 7.95. The zero-order valence-corrected chi connectivity index (χ0v) is 16.7. The number of rotatable bonds is 8. The van der Waals surface area contributed by atoms with E-state index in [2.05, 4.69) is 51.1 Å². The Morgan fingerprint density at radius 3 is 2.89 bits per heavy atom. The second-order valence-corrected chi connectivity index (χ2v) is 7.95. The molecule has 0 bridgehead atoms. The van der Waals surface area contributed by atoms with Gasteiger partial charge in [-0.15, -0.1) is 0 Å². The van der Waals surface area contributed by atoms with E-state index in [1.54, 1.807) is 0 Å². The van der Waals surface area contributed by atoms with Crippen molar-refractivity contribution in [3.8, 4) is 5.75 Å². The monoisotopic (exact) mass is 368 g/mol. The average molecular weight is 369 g/mol. The summed E-state index contributed by atoms with van der Waals surface area (Å²) in [6.45, 7) is 10.1. The molecule has 5 heteroatoms. The number of benzene rings is 1. The minimum absolute atomic E-state index is 0.520. The first kappa shape index (κ1) is 18.5. The fourth-order valence-electron chi connectivity index (χ4n) is 4.68. The first-order valence-electron chi connectivity index (χ1n) is 10.4. The zero-order chi connectivity index (χ0) is 18.7. The van der Waals surface area contributed by atoms with Crippen LogP contribution in [0.3, 0.4) is 0 Å². The second kappa shape index (κ2) is 8.03. The van der Waals surface area contributed by atoms with Crippen molar-refractivity contribution in [2.45, 2.75) is 58.8 Å². The lowest BCUT2D eigenvalue weighted by atomic mass is 9.93. The molecule has 1 aliphatic heterocycles. The minimum Gasteiger partial charge on any atom is -0.494 e. The van der Waals surface area contributed by atoms with E-state index < -0.39 is 0 Å². The molecule has 0 radical (unpaired) electrons. The molecule has 1 saturated carbocycles. The third-order valence-electron chi connectivity index (χ3n) is 6.27. The van der Waals surface area contributed by atoms with E-state index in [0.717, 1.165) is 38.5 Å². The maximum absolute atomic E-state index is 5.71. The molecular formula is C22H32N4O. The van der Waals surface area contributed by atoms with Gasteiger partial charge in [0.05, 0.1) is 13.2 Å². The molecule has 1 aliphatic carbocycles. The standard InChI is InChI=1S/C22H32N4O/c1-3-25-13-12-24-21(25)17-26(20-15-22(20)8-10-23-11-9-22)16-18-6-5-7-19(14-18)27-4-2/h5-7,12-14,20,23H,3-4,8-11,15-17H2,1-2H3. The molecule has 27 heavy (non-hydrogen) atoms. The fourth-order valence-corrected chi connectivity index (χ4v) is 4.68. The van der Waals surface area contributed by atoms with E-state index in [9.17, 15) is 0 Å². The Labute approximate surface area is 162 Å². The predicted octanol–water partition coefficient (Wildman–Crippen LogP) is 3.45. The maximum Gasteiger partial charge on any atom is 0.122 e. The summed E-state index contributed by atoms with van der Waals surface area (Å²) in [5.74, 6) is 2.15. The van der Waals surface area contributed by atoms with Gasteiger partial charge in [-0.1, -0.05) is 12.1 Å². The van der Waals surface area contributed by atoms with Crippen molar-refractivity contribution in [2.75, 3.05) is 19.7 Å². The topological polar surface area (TPSA) is 42.3 Å². The summed E-state index contributed by atoms with van der Waals surface area (Å²) in [5, 5.41) is 3.52. The van der Waals surface area contributed by atoms with Gasteiger partial charge in [-0.25, -0.2) is 4.98 Å². The van der Waals surface area contributed by atoms with Crippen LogP contribution in [0.25, 0.3) is 0 Å². The molecular weight excluding hydrogens is 336 g/mol. The Kier molecular flexibility index (Phi) is 5.50. The van der Waals surface area contributed by atoms with Gasteiger partial charge < -0.3 is 14.6 Å². The Morgan fingerprint density at radius 1 is 1.26 bits per heavy atom. The Morgan fingerprint density at radius 2 is 2.11 bits per heavy atom. The number of ether oxygens (including phenoxy) is 1. The van der Waals surface area contributed by atoms with Crippen molar-refractivity contribution in [1.29, 1.82) is 0 Å². The molecule has 1 N–H and O–H groups in total. The molecule has 2 aliphatic rings. The lowest BCUT2D eigenvalue weighted by molar-refractivity contribution is 0.182. The van der Waals surface area contributed by atoms with E-state index in [1.165, 1.54) is 30.7 Å². The minimum atomic E-state index is 0.520. The lowest BCUT2D eigenvalue weighted by Gasteiger charge is -2.29. The summed E-state index contributed by atoms with van der Waals surface area (Å²) in [4.78, 5) is 7.30. The number of hydrogen-bond acceptors (Lipinski definition) is 4. The second-order valence-electron chi connectivity index (χ2n) is 7.95. The smallest absolute Gasteiger partial charge is 0.122 e. The third-order valence-corrected chi connectivity index (χ3v) is 6.27. The molecule has 1 aromatic carbocycles. The molecule has 0 amide bonds. The number of piperidine rings is 1. The summed E-state index contributed by atoms with van der Waals surface area (Å²) in [7, 11) is 0. The van der Waals surface area contributed by atoms with Crippen molar-refractivity contribution >= 4 is 0 Å². The van der Waals surface area contributed by atoms with Crippen molar-refractivity contribution < 1.29 is 4.74 Å². The van der Waals surface area contributed by atoms with Crippen LogP contribution in [0.4, 0.5) is 0 Å². The highest BCUT2D eigenvalue weighted by Crippen LogP contribution is 2.56. The van der Waals surface area contributed by atoms with Gasteiger partial charge in [0.1, 0.15) is 11.6 Å². The highest BCUT2D eigenvalue weighted by Gasteiger charge is 2.56. The van der Waals surface area contributed by atoms with Crippen LogP contribution in [0.15, 0.2) is 36.7 Å². The summed E-state index contributed by atoms with van der Waals surface area (Å²) < 4.78 is 7.98. The Balaban J connectivity index is 1.54. The third kappa shape index (κ3) is 4.04. The van der Waals surface area contributed by atoms with Crippen molar-refractivity contribution in [1.82, 2.24) is 19.8 Å². The van der Waals surface area contributed by atoms with Crippen LogP contribution in [0.1, 0.15) is 44.5 Å². The first-order valence-corrected chi connectivity index (χ1v) is 10.4. The van der Waals surface area contributed by atoms with Crippen molar-refractivity contribution in [3.05, 3.63) is 48.0 Å². The largest absolute Gasteiger partial charge is 0.494 e. The Hall–Kier alpha value is -1.85. The fraction of sp³-hybridized carbons (Fsp3) is 0.591. The van der Waals surface area contributed by atoms with Gasteiger partial charge in [0.15, 0.2) is 0 Å². The molecule has 5 nitrogen and oxygen atoms in total. The lowest BCUT2D eigenvalue weighted by Crippen LogP contribution is -2.36. The normalized spacial score (nSPS) is 20.9. The van der Waals surface area contributed by atoms with Crippen LogP contribution in [0.5, 0.6) is 5.75 Å². The predicted molar refractivity (Wildman–Crippen MR) is 108 cm³/mol. The zero-order valence-electron chi connectivity index (χ0n) is 16.7. The number of nitrogens with one attached hydrogen (secondary N) is 1. The molecule has 1 saturated heterocycles. The van der Waals surface area contributed by atoms with Crippen LogP contribution < -0.4 is 10.1 Å². The van der Waals surface area contributed by atoms with E-state index >= 15 is 0 Å². The molecule has 146 valence electrons. The highest BCUT2D eigenvalue weighted by molar-refractivity contribution is 5.29. The molecule has 4 rings (SSSR count). The summed E-state index contributed by atoms with van der Waals surface area (Å²) in [5.41, 5.74) is 1.85. The molecule has 1 spiro atoms. The molecule has 1 aromatic heterocycles. The molecule has 2 aromatic rings. The summed E-state index contributed by atoms with van der Waals surface area (Å²) in [6, 6.07) is 9.24. The molecule has 1 unspecified atom stereocenters. The van der Waals surface area contributed by atoms with Crippen molar-refractivity contribution in [3.63, 3.8) is 0 Å². The number of imidazole rings is 1. The van der Waals surface area contributed by atoms with Crippen LogP contribution in [-0.2, 0) is 19.6 Å². The van der Waals surface area contributed by atoms with E-state index in [0.29, 0.717) is 18.1 Å². The number of aromatic nitrogens is 2. The van der Waals surface area contributed by atoms with Crippen molar-refractivity contribution in [2.24, 2.45) is 5.41 Å². The van der Waals surface area contributed by atoms with Gasteiger partial charge in [0.2, 0.25) is 0 Å². The van der Waals surface area contributed by atoms with Gasteiger partial charge in [-0.05, 0) is 69.3 Å². The van der Waals surface area contributed by atoms with Crippen LogP contribution in [0, 0.1) is 5.41 Å². The van der Waals surface area contributed by atoms with Gasteiger partial charge in [-0.2, -0.15) is 0 Å². The SMILES string of the molecule is CCOc1cccc(CN(Cc2nccn2CC)C2CC23CCNCC3)c1. The number of nitrogens with zero attached hydrogens (tertiary/aromatic N) is 3. The molecule has 2 fully saturated rings. The van der Waals surface area contributed by atoms with E-state index in [1.807, 2.05) is 19.2 Å².